The van der Waals surface area contributed by atoms with Gasteiger partial charge >= 0.3 is 0 Å². The summed E-state index contributed by atoms with van der Waals surface area (Å²) in [6.07, 6.45) is 3.08. The molecule has 0 bridgehead atoms. The fourth-order valence-corrected chi connectivity index (χ4v) is 3.30. The zero-order valence-corrected chi connectivity index (χ0v) is 12.2. The zero-order chi connectivity index (χ0) is 14.1. The first kappa shape index (κ1) is 13.3. The number of piperidine rings is 1. The second kappa shape index (κ2) is 5.35. The minimum Gasteiger partial charge on any atom is -0.496 e. The molecule has 3 rings (SSSR count). The number of hydrogen-bond acceptors (Lipinski definition) is 3. The number of ether oxygens (including phenoxy) is 1. The lowest BCUT2D eigenvalue weighted by atomic mass is 9.99. The van der Waals surface area contributed by atoms with E-state index in [2.05, 4.69) is 12.2 Å². The quantitative estimate of drug-likeness (QED) is 0.899. The number of benzene rings is 1. The molecule has 2 atom stereocenters. The van der Waals surface area contributed by atoms with Crippen LogP contribution in [0.1, 0.15) is 25.3 Å². The van der Waals surface area contributed by atoms with E-state index >= 15 is 0 Å². The van der Waals surface area contributed by atoms with Crippen molar-refractivity contribution < 1.29 is 9.53 Å². The second-order valence-corrected chi connectivity index (χ2v) is 5.92. The van der Waals surface area contributed by atoms with Crippen molar-refractivity contribution in [1.29, 1.82) is 0 Å². The topological polar surface area (TPSA) is 41.6 Å². The Morgan fingerprint density at radius 1 is 1.45 bits per heavy atom. The summed E-state index contributed by atoms with van der Waals surface area (Å²) in [6.45, 7) is 4.01. The van der Waals surface area contributed by atoms with Gasteiger partial charge in [-0.1, -0.05) is 13.0 Å². The van der Waals surface area contributed by atoms with E-state index in [1.807, 2.05) is 23.1 Å². The number of methoxy groups -OCH3 is 1. The van der Waals surface area contributed by atoms with Gasteiger partial charge in [-0.2, -0.15) is 0 Å². The maximum atomic E-state index is 12.6. The number of nitrogens with one attached hydrogen (secondary N) is 1. The fourth-order valence-electron chi connectivity index (χ4n) is 3.30. The molecule has 4 heteroatoms. The molecule has 0 radical (unpaired) electrons. The van der Waals surface area contributed by atoms with Crippen LogP contribution in [0.4, 0.5) is 5.69 Å². The Balaban J connectivity index is 1.73. The van der Waals surface area contributed by atoms with Crippen molar-refractivity contribution in [3.8, 4) is 5.75 Å². The highest BCUT2D eigenvalue weighted by atomic mass is 16.5. The lowest BCUT2D eigenvalue weighted by Crippen LogP contribution is -2.46. The molecule has 1 aromatic rings. The van der Waals surface area contributed by atoms with Gasteiger partial charge in [-0.05, 0) is 30.9 Å². The van der Waals surface area contributed by atoms with Crippen LogP contribution < -0.4 is 10.1 Å². The van der Waals surface area contributed by atoms with Crippen LogP contribution in [0.5, 0.6) is 5.75 Å². The van der Waals surface area contributed by atoms with Crippen molar-refractivity contribution in [3.05, 3.63) is 23.8 Å². The number of carbonyl (C=O) groups is 1. The number of carbonyl (C=O) groups excluding carboxylic acids is 1. The van der Waals surface area contributed by atoms with Crippen LogP contribution in [0, 0.1) is 5.92 Å². The first-order valence-electron chi connectivity index (χ1n) is 7.40. The molecule has 1 fully saturated rings. The summed E-state index contributed by atoms with van der Waals surface area (Å²) in [5.41, 5.74) is 2.16. The summed E-state index contributed by atoms with van der Waals surface area (Å²) >= 11 is 0. The van der Waals surface area contributed by atoms with E-state index in [0.29, 0.717) is 5.92 Å². The van der Waals surface area contributed by atoms with E-state index < -0.39 is 0 Å². The molecule has 1 amide bonds. The van der Waals surface area contributed by atoms with Crippen molar-refractivity contribution in [2.24, 2.45) is 5.92 Å². The lowest BCUT2D eigenvalue weighted by Gasteiger charge is -2.32. The van der Waals surface area contributed by atoms with Gasteiger partial charge in [-0.25, -0.2) is 0 Å². The van der Waals surface area contributed by atoms with Crippen molar-refractivity contribution in [3.63, 3.8) is 0 Å². The Bertz CT molecular complexity index is 515. The molecule has 1 aromatic carbocycles. The fraction of sp³-hybridized carbons (Fsp3) is 0.562. The molecular weight excluding hydrogens is 252 g/mol. The van der Waals surface area contributed by atoms with Crippen molar-refractivity contribution in [1.82, 2.24) is 4.90 Å². The van der Waals surface area contributed by atoms with Gasteiger partial charge in [-0.3, -0.25) is 4.79 Å². The van der Waals surface area contributed by atoms with Crippen LogP contribution in [0.3, 0.4) is 0 Å². The smallest absolute Gasteiger partial charge is 0.245 e. The highest BCUT2D eigenvalue weighted by Crippen LogP contribution is 2.34. The molecule has 1 unspecified atom stereocenters. The predicted octanol–water partition coefficient (Wildman–Crippen LogP) is 2.29. The van der Waals surface area contributed by atoms with Gasteiger partial charge in [0, 0.05) is 30.8 Å². The maximum Gasteiger partial charge on any atom is 0.245 e. The number of hydrogen-bond donors (Lipinski definition) is 1. The highest BCUT2D eigenvalue weighted by Gasteiger charge is 2.33. The van der Waals surface area contributed by atoms with Crippen LogP contribution in [0.2, 0.25) is 0 Å². The molecule has 0 aromatic heterocycles. The molecule has 4 nitrogen and oxygen atoms in total. The monoisotopic (exact) mass is 274 g/mol. The second-order valence-electron chi connectivity index (χ2n) is 5.92. The Morgan fingerprint density at radius 3 is 3.05 bits per heavy atom. The Morgan fingerprint density at radius 2 is 2.30 bits per heavy atom. The van der Waals surface area contributed by atoms with Crippen molar-refractivity contribution in [2.45, 2.75) is 32.2 Å². The van der Waals surface area contributed by atoms with E-state index in [-0.39, 0.29) is 11.9 Å². The number of amides is 1. The SMILES string of the molecule is COc1cccc2c1CC(C(=O)N1CCC[C@H](C)C1)N2. The molecular formula is C16H22N2O2. The summed E-state index contributed by atoms with van der Waals surface area (Å²) in [7, 11) is 1.68. The third kappa shape index (κ3) is 2.35. The van der Waals surface area contributed by atoms with E-state index in [0.717, 1.165) is 42.9 Å². The summed E-state index contributed by atoms with van der Waals surface area (Å²) in [6, 6.07) is 5.80. The molecule has 0 saturated carbocycles. The average molecular weight is 274 g/mol. The summed E-state index contributed by atoms with van der Waals surface area (Å²) in [4.78, 5) is 14.7. The van der Waals surface area contributed by atoms with Gasteiger partial charge in [0.1, 0.15) is 11.8 Å². The van der Waals surface area contributed by atoms with E-state index in [9.17, 15) is 4.79 Å². The van der Waals surface area contributed by atoms with Gasteiger partial charge in [0.25, 0.3) is 0 Å². The lowest BCUT2D eigenvalue weighted by molar-refractivity contribution is -0.133. The molecule has 2 heterocycles. The summed E-state index contributed by atoms with van der Waals surface area (Å²) < 4.78 is 5.38. The maximum absolute atomic E-state index is 12.6. The molecule has 2 aliphatic rings. The van der Waals surface area contributed by atoms with Crippen LogP contribution in [-0.4, -0.2) is 37.0 Å². The van der Waals surface area contributed by atoms with Crippen molar-refractivity contribution >= 4 is 11.6 Å². The summed E-state index contributed by atoms with van der Waals surface area (Å²) in [5.74, 6) is 1.72. The number of nitrogens with zero attached hydrogens (tertiary/aromatic N) is 1. The molecule has 0 spiro atoms. The highest BCUT2D eigenvalue weighted by molar-refractivity contribution is 5.88. The Kier molecular flexibility index (Phi) is 3.55. The average Bonchev–Trinajstić information content (AvgIpc) is 2.90. The van der Waals surface area contributed by atoms with Gasteiger partial charge in [0.2, 0.25) is 5.91 Å². The van der Waals surface area contributed by atoms with Gasteiger partial charge in [0.05, 0.1) is 7.11 Å². The van der Waals surface area contributed by atoms with E-state index in [1.54, 1.807) is 7.11 Å². The van der Waals surface area contributed by atoms with Gasteiger partial charge in [0.15, 0.2) is 0 Å². The molecule has 1 N–H and O–H groups in total. The third-order valence-corrected chi connectivity index (χ3v) is 4.36. The first-order valence-corrected chi connectivity index (χ1v) is 7.40. The number of fused-ring (bicyclic) bond motifs is 1. The van der Waals surface area contributed by atoms with Crippen LogP contribution >= 0.6 is 0 Å². The third-order valence-electron chi connectivity index (χ3n) is 4.36. The normalized spacial score (nSPS) is 25.0. The molecule has 2 aliphatic heterocycles. The number of likely N-dealkylation sites (tertiary alicyclic amines) is 1. The molecule has 20 heavy (non-hydrogen) atoms. The van der Waals surface area contributed by atoms with Gasteiger partial charge in [-0.15, -0.1) is 0 Å². The van der Waals surface area contributed by atoms with E-state index in [1.165, 1.54) is 6.42 Å². The Hall–Kier alpha value is -1.71. The standard InChI is InChI=1S/C16H22N2O2/c1-11-5-4-8-18(10-11)16(19)14-9-12-13(17-14)6-3-7-15(12)20-2/h3,6-7,11,14,17H,4-5,8-10H2,1-2H3/t11-,14?/m0/s1. The van der Waals surface area contributed by atoms with Crippen LogP contribution in [0.15, 0.2) is 18.2 Å². The molecule has 108 valence electrons. The minimum absolute atomic E-state index is 0.133. The number of anilines is 1. The van der Waals surface area contributed by atoms with E-state index in [4.69, 9.17) is 4.74 Å². The molecule has 0 aliphatic carbocycles. The minimum atomic E-state index is -0.133. The largest absolute Gasteiger partial charge is 0.496 e. The van der Waals surface area contributed by atoms with Crippen molar-refractivity contribution in [2.75, 3.05) is 25.5 Å². The summed E-state index contributed by atoms with van der Waals surface area (Å²) in [5, 5.41) is 3.35. The first-order chi connectivity index (χ1) is 9.69. The molecule has 1 saturated heterocycles. The van der Waals surface area contributed by atoms with Gasteiger partial charge < -0.3 is 15.0 Å². The van der Waals surface area contributed by atoms with Crippen LogP contribution in [-0.2, 0) is 11.2 Å². The Labute approximate surface area is 120 Å². The predicted molar refractivity (Wildman–Crippen MR) is 79.1 cm³/mol. The number of rotatable bonds is 2. The zero-order valence-electron chi connectivity index (χ0n) is 12.2. The van der Waals surface area contributed by atoms with Crippen LogP contribution in [0.25, 0.3) is 0 Å².